The standard InChI is InChI=1S/C21H31NO4S/c1-16(2)10-13-21(11-6-3-7-12-21)20(25)22-18-9-5-4-8-17(18)14-26-27-15-19(23)24/h4-5,8-9,16H,3,6-7,10-15H2,1-2H3,(H,22,25)(H,23,24)/p-1. The summed E-state index contributed by atoms with van der Waals surface area (Å²) in [6.07, 6.45) is 7.30. The zero-order chi connectivity index (χ0) is 19.7. The maximum Gasteiger partial charge on any atom is 0.230 e. The Morgan fingerprint density at radius 1 is 1.22 bits per heavy atom. The lowest BCUT2D eigenvalue weighted by Crippen LogP contribution is -2.38. The van der Waals surface area contributed by atoms with Crippen molar-refractivity contribution in [2.24, 2.45) is 11.3 Å². The van der Waals surface area contributed by atoms with Gasteiger partial charge in [-0.2, -0.15) is 0 Å². The lowest BCUT2D eigenvalue weighted by Gasteiger charge is -2.36. The van der Waals surface area contributed by atoms with Crippen molar-refractivity contribution >= 4 is 29.6 Å². The maximum absolute atomic E-state index is 13.2. The second-order valence-corrected chi connectivity index (χ2v) is 8.54. The Labute approximate surface area is 166 Å². The molecule has 1 aromatic rings. The summed E-state index contributed by atoms with van der Waals surface area (Å²) in [5, 5.41) is 13.6. The average molecular weight is 393 g/mol. The molecule has 1 amide bonds. The van der Waals surface area contributed by atoms with Crippen LogP contribution in [0.25, 0.3) is 0 Å². The highest BCUT2D eigenvalue weighted by molar-refractivity contribution is 7.95. The van der Waals surface area contributed by atoms with Crippen LogP contribution in [-0.4, -0.2) is 17.6 Å². The van der Waals surface area contributed by atoms with E-state index in [0.29, 0.717) is 5.92 Å². The van der Waals surface area contributed by atoms with E-state index in [4.69, 9.17) is 4.18 Å². The molecule has 0 unspecified atom stereocenters. The van der Waals surface area contributed by atoms with E-state index < -0.39 is 5.97 Å². The predicted octanol–water partition coefficient (Wildman–Crippen LogP) is 3.93. The Kier molecular flexibility index (Phi) is 8.64. The van der Waals surface area contributed by atoms with Crippen molar-refractivity contribution in [3.05, 3.63) is 29.8 Å². The number of carboxylic acid groups (broad SMARTS) is 1. The molecule has 1 N–H and O–H groups in total. The van der Waals surface area contributed by atoms with E-state index in [1.54, 1.807) is 0 Å². The summed E-state index contributed by atoms with van der Waals surface area (Å²) in [5.41, 5.74) is 1.30. The molecule has 0 radical (unpaired) electrons. The molecule has 27 heavy (non-hydrogen) atoms. The number of para-hydroxylation sites is 1. The molecule has 0 saturated heterocycles. The molecular weight excluding hydrogens is 362 g/mol. The fraction of sp³-hybridized carbons (Fsp3) is 0.619. The highest BCUT2D eigenvalue weighted by Gasteiger charge is 2.39. The van der Waals surface area contributed by atoms with Crippen LogP contribution in [0.3, 0.4) is 0 Å². The molecule has 0 spiro atoms. The summed E-state index contributed by atoms with van der Waals surface area (Å²) in [4.78, 5) is 23.7. The zero-order valence-corrected chi connectivity index (χ0v) is 17.1. The van der Waals surface area contributed by atoms with Gasteiger partial charge < -0.3 is 19.4 Å². The predicted molar refractivity (Wildman–Crippen MR) is 107 cm³/mol. The highest BCUT2D eigenvalue weighted by Crippen LogP contribution is 2.42. The van der Waals surface area contributed by atoms with Gasteiger partial charge in [0, 0.05) is 16.7 Å². The number of hydrogen-bond acceptors (Lipinski definition) is 5. The van der Waals surface area contributed by atoms with Crippen LogP contribution in [0.4, 0.5) is 5.69 Å². The van der Waals surface area contributed by atoms with Crippen molar-refractivity contribution in [2.45, 2.75) is 65.4 Å². The van der Waals surface area contributed by atoms with Gasteiger partial charge in [0.2, 0.25) is 5.91 Å². The van der Waals surface area contributed by atoms with Gasteiger partial charge in [-0.25, -0.2) is 0 Å². The van der Waals surface area contributed by atoms with Gasteiger partial charge in [-0.3, -0.25) is 4.79 Å². The second-order valence-electron chi connectivity index (χ2n) is 7.78. The van der Waals surface area contributed by atoms with Crippen molar-refractivity contribution in [3.63, 3.8) is 0 Å². The van der Waals surface area contributed by atoms with Crippen molar-refractivity contribution in [1.29, 1.82) is 0 Å². The number of hydrogen-bond donors (Lipinski definition) is 1. The first-order valence-corrected chi connectivity index (χ1v) is 10.7. The number of rotatable bonds is 10. The quantitative estimate of drug-likeness (QED) is 0.482. The number of aliphatic carboxylic acids is 1. The molecular formula is C21H30NO4S-. The fourth-order valence-corrected chi connectivity index (χ4v) is 3.99. The number of carbonyl (C=O) groups is 2. The van der Waals surface area contributed by atoms with E-state index in [9.17, 15) is 14.7 Å². The summed E-state index contributed by atoms with van der Waals surface area (Å²) in [5.74, 6) is -0.686. The van der Waals surface area contributed by atoms with Gasteiger partial charge in [0.05, 0.1) is 18.3 Å². The third-order valence-electron chi connectivity index (χ3n) is 5.23. The van der Waals surface area contributed by atoms with Crippen molar-refractivity contribution in [3.8, 4) is 0 Å². The summed E-state index contributed by atoms with van der Waals surface area (Å²) in [6, 6.07) is 7.53. The maximum atomic E-state index is 13.2. The summed E-state index contributed by atoms with van der Waals surface area (Å²) >= 11 is 0.848. The minimum atomic E-state index is -1.16. The zero-order valence-electron chi connectivity index (χ0n) is 16.3. The van der Waals surface area contributed by atoms with Gasteiger partial charge in [0.25, 0.3) is 0 Å². The first-order chi connectivity index (χ1) is 12.9. The summed E-state index contributed by atoms with van der Waals surface area (Å²) < 4.78 is 5.35. The van der Waals surface area contributed by atoms with Crippen molar-refractivity contribution in [1.82, 2.24) is 0 Å². The van der Waals surface area contributed by atoms with Crippen LogP contribution in [0.15, 0.2) is 24.3 Å². The highest BCUT2D eigenvalue weighted by atomic mass is 32.2. The number of carboxylic acids is 1. The van der Waals surface area contributed by atoms with Crippen LogP contribution in [0.2, 0.25) is 0 Å². The molecule has 0 aromatic heterocycles. The van der Waals surface area contributed by atoms with Crippen LogP contribution in [0.1, 0.15) is 64.4 Å². The molecule has 0 aliphatic heterocycles. The molecule has 2 rings (SSSR count). The third kappa shape index (κ3) is 6.85. The third-order valence-corrected chi connectivity index (χ3v) is 5.87. The molecule has 0 bridgehead atoms. The molecule has 6 heteroatoms. The van der Waals surface area contributed by atoms with Gasteiger partial charge in [0.15, 0.2) is 0 Å². The minimum absolute atomic E-state index is 0.109. The molecule has 1 aliphatic carbocycles. The summed E-state index contributed by atoms with van der Waals surface area (Å²) in [7, 11) is 0. The van der Waals surface area contributed by atoms with Gasteiger partial charge in [0.1, 0.15) is 0 Å². The molecule has 1 fully saturated rings. The summed E-state index contributed by atoms with van der Waals surface area (Å²) in [6.45, 7) is 4.63. The molecule has 0 heterocycles. The van der Waals surface area contributed by atoms with Crippen LogP contribution in [-0.2, 0) is 20.4 Å². The number of amides is 1. The Morgan fingerprint density at radius 2 is 1.93 bits per heavy atom. The number of benzene rings is 1. The van der Waals surface area contributed by atoms with E-state index >= 15 is 0 Å². The van der Waals surface area contributed by atoms with Crippen molar-refractivity contribution < 1.29 is 18.9 Å². The monoisotopic (exact) mass is 392 g/mol. The lowest BCUT2D eigenvalue weighted by atomic mass is 9.69. The smallest absolute Gasteiger partial charge is 0.230 e. The number of carbonyl (C=O) groups excluding carboxylic acids is 2. The molecule has 1 saturated carbocycles. The van der Waals surface area contributed by atoms with Crippen LogP contribution >= 0.6 is 12.0 Å². The van der Waals surface area contributed by atoms with Gasteiger partial charge in [-0.15, -0.1) is 0 Å². The second kappa shape index (κ2) is 10.7. The first kappa shape index (κ1) is 21.8. The molecule has 150 valence electrons. The number of anilines is 1. The Bertz CT molecular complexity index is 626. The molecule has 1 aromatic carbocycles. The van der Waals surface area contributed by atoms with Crippen molar-refractivity contribution in [2.75, 3.05) is 11.1 Å². The van der Waals surface area contributed by atoms with E-state index in [0.717, 1.165) is 61.8 Å². The van der Waals surface area contributed by atoms with E-state index in [2.05, 4.69) is 19.2 Å². The Hall–Kier alpha value is -1.53. The molecule has 1 aliphatic rings. The van der Waals surface area contributed by atoms with Gasteiger partial charge >= 0.3 is 0 Å². The number of nitrogens with one attached hydrogen (secondary N) is 1. The van der Waals surface area contributed by atoms with Gasteiger partial charge in [-0.1, -0.05) is 51.3 Å². The van der Waals surface area contributed by atoms with Crippen LogP contribution in [0.5, 0.6) is 0 Å². The Morgan fingerprint density at radius 3 is 2.59 bits per heavy atom. The van der Waals surface area contributed by atoms with Gasteiger partial charge in [-0.05, 0) is 49.7 Å². The molecule has 0 atom stereocenters. The topological polar surface area (TPSA) is 78.5 Å². The molecule has 5 nitrogen and oxygen atoms in total. The van der Waals surface area contributed by atoms with Crippen LogP contribution < -0.4 is 10.4 Å². The van der Waals surface area contributed by atoms with E-state index in [1.165, 1.54) is 6.42 Å². The van der Waals surface area contributed by atoms with E-state index in [1.807, 2.05) is 24.3 Å². The van der Waals surface area contributed by atoms with E-state index in [-0.39, 0.29) is 23.7 Å². The minimum Gasteiger partial charge on any atom is -0.549 e. The average Bonchev–Trinajstić information content (AvgIpc) is 2.65. The SMILES string of the molecule is CC(C)CCC1(C(=O)Nc2ccccc2COSCC(=O)[O-])CCCCC1. The largest absolute Gasteiger partial charge is 0.549 e. The fourth-order valence-electron chi connectivity index (χ4n) is 3.60. The Balaban J connectivity index is 2.05. The van der Waals surface area contributed by atoms with Crippen LogP contribution in [0, 0.1) is 11.3 Å². The lowest BCUT2D eigenvalue weighted by molar-refractivity contribution is -0.301. The first-order valence-electron chi connectivity index (χ1n) is 9.76. The normalized spacial score (nSPS) is 16.3.